The van der Waals surface area contributed by atoms with E-state index in [1.807, 2.05) is 61.7 Å². The molecular weight excluding hydrogens is 957 g/mol. The van der Waals surface area contributed by atoms with Gasteiger partial charge in [-0.05, 0) is 97.2 Å². The smallest absolute Gasteiger partial charge is 0.162 e. The number of hydrogen-bond donors (Lipinski definition) is 2. The molecule has 6 fully saturated rings. The molecule has 0 bridgehead atoms. The van der Waals surface area contributed by atoms with Gasteiger partial charge in [-0.15, -0.1) is 0 Å². The van der Waals surface area contributed by atoms with E-state index in [1.54, 1.807) is 0 Å². The van der Waals surface area contributed by atoms with E-state index in [1.165, 1.54) is 11.1 Å². The van der Waals surface area contributed by atoms with Crippen LogP contribution in [0, 0.1) is 0 Å². The van der Waals surface area contributed by atoms with Crippen molar-refractivity contribution in [3.8, 4) is 22.8 Å². The number of morpholine rings is 2. The minimum Gasteiger partial charge on any atom is -0.378 e. The first-order chi connectivity index (χ1) is 37.7. The maximum Gasteiger partial charge on any atom is 0.162 e. The van der Waals surface area contributed by atoms with Crippen LogP contribution in [0.2, 0.25) is 0 Å². The Hall–Kier alpha value is -7.78. The second-order valence-electron chi connectivity index (χ2n) is 20.4. The van der Waals surface area contributed by atoms with E-state index in [4.69, 9.17) is 59.3 Å². The van der Waals surface area contributed by atoms with Crippen LogP contribution in [-0.4, -0.2) is 155 Å². The van der Waals surface area contributed by atoms with Gasteiger partial charge in [0.05, 0.1) is 73.6 Å². The van der Waals surface area contributed by atoms with Gasteiger partial charge in [-0.3, -0.25) is 9.97 Å². The Bertz CT molecular complexity index is 3150. The topological polar surface area (TPSA) is 191 Å². The Balaban J connectivity index is 0.934. The molecule has 20 heteroatoms. The van der Waals surface area contributed by atoms with Crippen molar-refractivity contribution in [2.24, 2.45) is 0 Å². The predicted molar refractivity (Wildman–Crippen MR) is 294 cm³/mol. The number of nitrogens with zero attached hydrogens (tertiary/aromatic N) is 16. The van der Waals surface area contributed by atoms with Crippen LogP contribution < -0.4 is 40.3 Å². The number of hydrogen-bond acceptors (Lipinski definition) is 20. The number of rotatable bonds is 13. The van der Waals surface area contributed by atoms with Gasteiger partial charge >= 0.3 is 0 Å². The minimum absolute atomic E-state index is 0.478. The maximum atomic E-state index is 5.72. The first kappa shape index (κ1) is 46.7. The molecule has 0 radical (unpaired) electrons. The fraction of sp³-hybridized carbons (Fsp3) is 0.393. The lowest BCUT2D eigenvalue weighted by Crippen LogP contribution is -2.44. The molecule has 0 amide bonds. The lowest BCUT2D eigenvalue weighted by molar-refractivity contribution is 0.122. The quantitative estimate of drug-likeness (QED) is 0.120. The summed E-state index contributed by atoms with van der Waals surface area (Å²) in [6.07, 6.45) is 19.9. The molecule has 2 aliphatic carbocycles. The molecule has 0 atom stereocenters. The van der Waals surface area contributed by atoms with Crippen molar-refractivity contribution in [2.75, 3.05) is 135 Å². The molecule has 386 valence electrons. The van der Waals surface area contributed by atoms with E-state index in [0.29, 0.717) is 61.5 Å². The highest BCUT2D eigenvalue weighted by atomic mass is 16.5. The fourth-order valence-electron chi connectivity index (χ4n) is 11.1. The van der Waals surface area contributed by atoms with Gasteiger partial charge in [0.15, 0.2) is 23.3 Å². The fourth-order valence-corrected chi connectivity index (χ4v) is 11.1. The number of ether oxygens (including phenoxy) is 2. The molecule has 20 nitrogen and oxygen atoms in total. The van der Waals surface area contributed by atoms with E-state index in [2.05, 4.69) is 76.6 Å². The van der Waals surface area contributed by atoms with E-state index < -0.39 is 0 Å². The molecule has 0 spiro atoms. The first-order valence-corrected chi connectivity index (χ1v) is 27.0. The third-order valence-corrected chi connectivity index (χ3v) is 15.4. The van der Waals surface area contributed by atoms with Crippen molar-refractivity contribution in [3.63, 3.8) is 0 Å². The van der Waals surface area contributed by atoms with Crippen LogP contribution in [-0.2, 0) is 9.47 Å². The van der Waals surface area contributed by atoms with Crippen molar-refractivity contribution in [2.45, 2.75) is 37.5 Å². The van der Waals surface area contributed by atoms with Crippen LogP contribution in [0.3, 0.4) is 0 Å². The Morgan fingerprint density at radius 3 is 1.28 bits per heavy atom. The zero-order chi connectivity index (χ0) is 50.4. The van der Waals surface area contributed by atoms with Crippen LogP contribution in [0.15, 0.2) is 98.1 Å². The Kier molecular flexibility index (Phi) is 12.5. The summed E-state index contributed by atoms with van der Waals surface area (Å²) in [5, 5.41) is 13.4. The van der Waals surface area contributed by atoms with Crippen molar-refractivity contribution in [3.05, 3.63) is 109 Å². The first-order valence-electron chi connectivity index (χ1n) is 27.0. The monoisotopic (exact) mass is 1020 g/mol. The number of aromatic nitrogens is 10. The molecule has 8 aromatic rings. The van der Waals surface area contributed by atoms with Crippen molar-refractivity contribution in [1.29, 1.82) is 0 Å². The molecule has 4 saturated heterocycles. The van der Waals surface area contributed by atoms with Gasteiger partial charge in [0.25, 0.3) is 0 Å². The average Bonchev–Trinajstić information content (AvgIpc) is 4.46. The Labute approximate surface area is 440 Å². The molecule has 6 aliphatic rings. The van der Waals surface area contributed by atoms with E-state index in [-0.39, 0.29) is 0 Å². The number of pyridine rings is 6. The summed E-state index contributed by atoms with van der Waals surface area (Å²) >= 11 is 0. The number of piperazine rings is 2. The summed E-state index contributed by atoms with van der Waals surface area (Å²) in [5.74, 6) is 6.96. The molecule has 12 heterocycles. The van der Waals surface area contributed by atoms with Gasteiger partial charge in [0.2, 0.25) is 0 Å². The Morgan fingerprint density at radius 1 is 0.447 bits per heavy atom. The van der Waals surface area contributed by atoms with Crippen LogP contribution in [0.1, 0.15) is 48.6 Å². The highest BCUT2D eigenvalue weighted by Gasteiger charge is 2.33. The van der Waals surface area contributed by atoms with Crippen LogP contribution in [0.5, 0.6) is 0 Å². The highest BCUT2D eigenvalue weighted by molar-refractivity contribution is 5.95. The zero-order valence-corrected chi connectivity index (χ0v) is 42.5. The van der Waals surface area contributed by atoms with Gasteiger partial charge in [-0.2, -0.15) is 0 Å². The lowest BCUT2D eigenvalue weighted by atomic mass is 10.1. The number of anilines is 8. The van der Waals surface area contributed by atoms with Gasteiger partial charge in [-0.1, -0.05) is 0 Å². The van der Waals surface area contributed by atoms with Crippen LogP contribution >= 0.6 is 0 Å². The summed E-state index contributed by atoms with van der Waals surface area (Å²) in [6, 6.07) is 16.4. The zero-order valence-electron chi connectivity index (χ0n) is 42.5. The molecule has 0 unspecified atom stereocenters. The van der Waals surface area contributed by atoms with Gasteiger partial charge in [-0.25, -0.2) is 49.9 Å². The maximum absolute atomic E-state index is 5.72. The molecule has 0 aromatic carbocycles. The lowest BCUT2D eigenvalue weighted by Gasteiger charge is -2.37. The SMILES string of the molecule is c1cc(-c2nc(N3CCNCC3)c3c(C4CC4)cncc3n2)cc(N(c2ccc(N3CCOCC3)nc2)N(c2ccc(N3CCOCC3)nc2)c2cc(-c3nc(N4CCNCC4)c4c(C5CC5)cncc4n3)ccn2)n1. The number of fused-ring (bicyclic) bond motifs is 2. The second-order valence-corrected chi connectivity index (χ2v) is 20.4. The van der Waals surface area contributed by atoms with Crippen LogP contribution in [0.4, 0.5) is 46.3 Å². The highest BCUT2D eigenvalue weighted by Crippen LogP contribution is 2.47. The molecule has 76 heavy (non-hydrogen) atoms. The predicted octanol–water partition coefficient (Wildman–Crippen LogP) is 6.42. The van der Waals surface area contributed by atoms with Gasteiger partial charge in [0.1, 0.15) is 23.3 Å². The van der Waals surface area contributed by atoms with Gasteiger partial charge < -0.3 is 39.7 Å². The normalized spacial score (nSPS) is 18.4. The van der Waals surface area contributed by atoms with Crippen LogP contribution in [0.25, 0.3) is 44.6 Å². The number of nitrogens with one attached hydrogen (secondary N) is 2. The summed E-state index contributed by atoms with van der Waals surface area (Å²) in [7, 11) is 0. The second kappa shape index (κ2) is 20.4. The minimum atomic E-state index is 0.478. The van der Waals surface area contributed by atoms with E-state index >= 15 is 0 Å². The molecule has 2 saturated carbocycles. The van der Waals surface area contributed by atoms with Crippen molar-refractivity contribution < 1.29 is 9.47 Å². The summed E-state index contributed by atoms with van der Waals surface area (Å²) in [4.78, 5) is 60.8. The van der Waals surface area contributed by atoms with Crippen molar-refractivity contribution in [1.82, 2.24) is 60.5 Å². The number of hydrazine groups is 1. The molecule has 8 aromatic heterocycles. The summed E-state index contributed by atoms with van der Waals surface area (Å²) in [5.41, 5.74) is 7.23. The molecule has 14 rings (SSSR count). The molecule has 2 N–H and O–H groups in total. The summed E-state index contributed by atoms with van der Waals surface area (Å²) < 4.78 is 11.4. The largest absolute Gasteiger partial charge is 0.378 e. The standard InChI is InChI=1S/C56H60N18O2/c1-2-37(1)43-33-59-35-45-51(43)55(71-17-13-57-14-18-71)67-53(65-45)39-9-11-61-49(29-39)73(41-5-7-47(63-31-41)69-21-25-75-26-22-69)74(42-6-8-48(64-32-42)70-23-27-76-28-24-70)50-30-40(10-12-62-50)54-66-46-36-60-34-44(38-3-4-38)52(46)56(68-54)72-19-15-58-16-20-72/h5-12,29-38,57-58H,1-4,13-28H2. The van der Waals surface area contributed by atoms with Gasteiger partial charge in [0, 0.05) is 125 Å². The summed E-state index contributed by atoms with van der Waals surface area (Å²) in [6.45, 7) is 12.5. The molecule has 4 aliphatic heterocycles. The average molecular weight is 1020 g/mol. The third-order valence-electron chi connectivity index (χ3n) is 15.4. The molecular formula is C56H60N18O2. The van der Waals surface area contributed by atoms with Crippen molar-refractivity contribution >= 4 is 68.1 Å². The third kappa shape index (κ3) is 9.28. The Morgan fingerprint density at radius 2 is 0.882 bits per heavy atom. The van der Waals surface area contributed by atoms with E-state index in [0.717, 1.165) is 172 Å². The van der Waals surface area contributed by atoms with E-state index in [9.17, 15) is 0 Å².